The summed E-state index contributed by atoms with van der Waals surface area (Å²) < 4.78 is 1.89. The second-order valence-electron chi connectivity index (χ2n) is 4.22. The van der Waals surface area contributed by atoms with Gasteiger partial charge in [0.2, 0.25) is 0 Å². The van der Waals surface area contributed by atoms with Gasteiger partial charge in [0.05, 0.1) is 0 Å². The molecule has 0 aliphatic rings. The fourth-order valence-electron chi connectivity index (χ4n) is 1.50. The quantitative estimate of drug-likeness (QED) is 0.883. The average Bonchev–Trinajstić information content (AvgIpc) is 2.73. The normalized spacial score (nSPS) is 11.3. The molecule has 1 amide bonds. The van der Waals surface area contributed by atoms with Gasteiger partial charge in [-0.05, 0) is 21.0 Å². The molecule has 0 atom stereocenters. The molecule has 92 valence electrons. The molecule has 2 aromatic rings. The van der Waals surface area contributed by atoms with Gasteiger partial charge in [0.25, 0.3) is 5.91 Å². The number of likely N-dealkylation sites (N-methyl/N-ethyl adjacent to an activating group) is 1. The summed E-state index contributed by atoms with van der Waals surface area (Å²) in [5.41, 5.74) is 0.481. The number of rotatable bonds is 4. The first-order valence-electron chi connectivity index (χ1n) is 5.44. The lowest BCUT2D eigenvalue weighted by molar-refractivity contribution is 0.0946. The van der Waals surface area contributed by atoms with Crippen LogP contribution in [-0.4, -0.2) is 47.4 Å². The van der Waals surface area contributed by atoms with Gasteiger partial charge in [-0.1, -0.05) is 0 Å². The molecule has 0 aliphatic heterocycles. The van der Waals surface area contributed by atoms with Gasteiger partial charge in [-0.15, -0.1) is 11.3 Å². The van der Waals surface area contributed by atoms with Crippen molar-refractivity contribution in [1.82, 2.24) is 19.6 Å². The van der Waals surface area contributed by atoms with Gasteiger partial charge in [0, 0.05) is 30.4 Å². The zero-order chi connectivity index (χ0) is 12.4. The van der Waals surface area contributed by atoms with Crippen molar-refractivity contribution in [3.05, 3.63) is 23.0 Å². The van der Waals surface area contributed by atoms with Crippen molar-refractivity contribution in [3.8, 4) is 0 Å². The zero-order valence-electron chi connectivity index (χ0n) is 10.2. The SMILES string of the molecule is Cc1cn2cc(C(=O)NCCN(C)C)nc2s1. The molecular formula is C11H16N4OS. The van der Waals surface area contributed by atoms with E-state index in [0.29, 0.717) is 12.2 Å². The number of aryl methyl sites for hydroxylation is 1. The van der Waals surface area contributed by atoms with Crippen LogP contribution in [0.25, 0.3) is 4.96 Å². The summed E-state index contributed by atoms with van der Waals surface area (Å²) in [6, 6.07) is 0. The number of nitrogens with one attached hydrogen (secondary N) is 1. The van der Waals surface area contributed by atoms with Crippen LogP contribution in [0.1, 0.15) is 15.4 Å². The van der Waals surface area contributed by atoms with E-state index in [-0.39, 0.29) is 5.91 Å². The number of fused-ring (bicyclic) bond motifs is 1. The molecule has 2 heterocycles. The van der Waals surface area contributed by atoms with E-state index in [2.05, 4.69) is 10.3 Å². The Morgan fingerprint density at radius 1 is 1.53 bits per heavy atom. The lowest BCUT2D eigenvalue weighted by Gasteiger charge is -2.09. The third-order valence-electron chi connectivity index (χ3n) is 2.35. The fraction of sp³-hybridized carbons (Fsp3) is 0.455. The second-order valence-corrected chi connectivity index (χ2v) is 5.43. The molecule has 0 bridgehead atoms. The number of imidazole rings is 1. The van der Waals surface area contributed by atoms with Crippen molar-refractivity contribution in [2.75, 3.05) is 27.2 Å². The lowest BCUT2D eigenvalue weighted by atomic mass is 10.4. The van der Waals surface area contributed by atoms with E-state index in [1.165, 1.54) is 4.88 Å². The minimum atomic E-state index is -0.111. The van der Waals surface area contributed by atoms with Gasteiger partial charge in [-0.2, -0.15) is 0 Å². The molecule has 1 N–H and O–H groups in total. The fourth-order valence-corrected chi connectivity index (χ4v) is 2.31. The molecule has 2 rings (SSSR count). The first-order valence-corrected chi connectivity index (χ1v) is 6.26. The summed E-state index contributed by atoms with van der Waals surface area (Å²) in [5.74, 6) is -0.111. The summed E-state index contributed by atoms with van der Waals surface area (Å²) >= 11 is 1.58. The van der Waals surface area contributed by atoms with E-state index >= 15 is 0 Å². The molecule has 0 fully saturated rings. The zero-order valence-corrected chi connectivity index (χ0v) is 11.0. The predicted molar refractivity (Wildman–Crippen MR) is 68.7 cm³/mol. The van der Waals surface area contributed by atoms with Gasteiger partial charge >= 0.3 is 0 Å². The molecule has 0 saturated carbocycles. The van der Waals surface area contributed by atoms with E-state index in [9.17, 15) is 4.79 Å². The molecule has 5 nitrogen and oxygen atoms in total. The Morgan fingerprint density at radius 2 is 2.29 bits per heavy atom. The Labute approximate surface area is 104 Å². The number of amides is 1. The summed E-state index contributed by atoms with van der Waals surface area (Å²) in [5, 5.41) is 2.84. The number of thiazole rings is 1. The van der Waals surface area contributed by atoms with Crippen LogP contribution in [0.2, 0.25) is 0 Å². The number of carbonyl (C=O) groups excluding carboxylic acids is 1. The van der Waals surface area contributed by atoms with E-state index in [1.807, 2.05) is 36.5 Å². The largest absolute Gasteiger partial charge is 0.349 e. The minimum absolute atomic E-state index is 0.111. The highest BCUT2D eigenvalue weighted by molar-refractivity contribution is 7.17. The third kappa shape index (κ3) is 2.83. The van der Waals surface area contributed by atoms with Crippen molar-refractivity contribution in [1.29, 1.82) is 0 Å². The molecule has 0 aliphatic carbocycles. The Hall–Kier alpha value is -1.40. The molecule has 0 aromatic carbocycles. The summed E-state index contributed by atoms with van der Waals surface area (Å²) in [4.78, 5) is 20.1. The molecule has 0 spiro atoms. The second kappa shape index (κ2) is 4.85. The van der Waals surface area contributed by atoms with Gasteiger partial charge in [0.15, 0.2) is 4.96 Å². The van der Waals surface area contributed by atoms with Crippen LogP contribution in [0, 0.1) is 6.92 Å². The molecule has 17 heavy (non-hydrogen) atoms. The highest BCUT2D eigenvalue weighted by Gasteiger charge is 2.11. The minimum Gasteiger partial charge on any atom is -0.349 e. The van der Waals surface area contributed by atoms with E-state index in [1.54, 1.807) is 17.5 Å². The number of carbonyl (C=O) groups is 1. The number of aromatic nitrogens is 2. The van der Waals surface area contributed by atoms with Crippen molar-refractivity contribution in [2.24, 2.45) is 0 Å². The summed E-state index contributed by atoms with van der Waals surface area (Å²) in [7, 11) is 3.95. The van der Waals surface area contributed by atoms with Crippen molar-refractivity contribution in [3.63, 3.8) is 0 Å². The molecule has 6 heteroatoms. The number of nitrogens with zero attached hydrogens (tertiary/aromatic N) is 3. The Morgan fingerprint density at radius 3 is 2.94 bits per heavy atom. The highest BCUT2D eigenvalue weighted by atomic mass is 32.1. The Kier molecular flexibility index (Phi) is 3.44. The maximum atomic E-state index is 11.8. The van der Waals surface area contributed by atoms with Crippen LogP contribution in [-0.2, 0) is 0 Å². The standard InChI is InChI=1S/C11H16N4OS/c1-8-6-15-7-9(13-11(15)17-8)10(16)12-4-5-14(2)3/h6-7H,4-5H2,1-3H3,(H,12,16). The van der Waals surface area contributed by atoms with Crippen molar-refractivity contribution < 1.29 is 4.79 Å². The molecule has 0 unspecified atom stereocenters. The van der Waals surface area contributed by atoms with E-state index < -0.39 is 0 Å². The van der Waals surface area contributed by atoms with Crippen LogP contribution in [0.3, 0.4) is 0 Å². The Balaban J connectivity index is 2.01. The van der Waals surface area contributed by atoms with Crippen molar-refractivity contribution >= 4 is 22.2 Å². The van der Waals surface area contributed by atoms with Crippen molar-refractivity contribution in [2.45, 2.75) is 6.92 Å². The maximum Gasteiger partial charge on any atom is 0.271 e. The smallest absolute Gasteiger partial charge is 0.271 e. The van der Waals surface area contributed by atoms with Crippen LogP contribution >= 0.6 is 11.3 Å². The summed E-state index contributed by atoms with van der Waals surface area (Å²) in [6.45, 7) is 3.49. The van der Waals surface area contributed by atoms with Crippen LogP contribution in [0.4, 0.5) is 0 Å². The number of hydrogen-bond donors (Lipinski definition) is 1. The lowest BCUT2D eigenvalue weighted by Crippen LogP contribution is -2.31. The topological polar surface area (TPSA) is 49.6 Å². The number of hydrogen-bond acceptors (Lipinski definition) is 4. The van der Waals surface area contributed by atoms with Gasteiger partial charge in [-0.3, -0.25) is 9.20 Å². The van der Waals surface area contributed by atoms with Crippen LogP contribution in [0.15, 0.2) is 12.4 Å². The first-order chi connectivity index (χ1) is 8.06. The highest BCUT2D eigenvalue weighted by Crippen LogP contribution is 2.16. The van der Waals surface area contributed by atoms with Crippen LogP contribution < -0.4 is 5.32 Å². The average molecular weight is 252 g/mol. The van der Waals surface area contributed by atoms with Gasteiger partial charge < -0.3 is 10.2 Å². The van der Waals surface area contributed by atoms with Gasteiger partial charge in [0.1, 0.15) is 5.69 Å². The maximum absolute atomic E-state index is 11.8. The molecular weight excluding hydrogens is 236 g/mol. The van der Waals surface area contributed by atoms with Gasteiger partial charge in [-0.25, -0.2) is 4.98 Å². The molecule has 0 saturated heterocycles. The third-order valence-corrected chi connectivity index (χ3v) is 3.26. The predicted octanol–water partition coefficient (Wildman–Crippen LogP) is 0.996. The molecule has 2 aromatic heterocycles. The first kappa shape index (κ1) is 12.1. The van der Waals surface area contributed by atoms with E-state index in [0.717, 1.165) is 11.5 Å². The summed E-state index contributed by atoms with van der Waals surface area (Å²) in [6.07, 6.45) is 3.74. The van der Waals surface area contributed by atoms with Crippen LogP contribution in [0.5, 0.6) is 0 Å². The Bertz CT molecular complexity index is 497. The van der Waals surface area contributed by atoms with E-state index in [4.69, 9.17) is 0 Å². The monoisotopic (exact) mass is 252 g/mol. The molecule has 0 radical (unpaired) electrons.